The van der Waals surface area contributed by atoms with Crippen LogP contribution in [0.2, 0.25) is 0 Å². The van der Waals surface area contributed by atoms with Crippen LogP contribution in [0.1, 0.15) is 18.4 Å². The molecule has 0 bridgehead atoms. The second-order valence-corrected chi connectivity index (χ2v) is 6.24. The normalized spacial score (nSPS) is 21.3. The molecule has 2 aromatic rings. The summed E-state index contributed by atoms with van der Waals surface area (Å²) in [7, 11) is 1.70. The van der Waals surface area contributed by atoms with Crippen molar-refractivity contribution in [3.63, 3.8) is 0 Å². The van der Waals surface area contributed by atoms with E-state index in [0.29, 0.717) is 25.2 Å². The predicted octanol–water partition coefficient (Wildman–Crippen LogP) is 1.08. The average molecular weight is 332 g/mol. The number of piperidine rings is 1. The van der Waals surface area contributed by atoms with Gasteiger partial charge in [-0.15, -0.1) is 0 Å². The van der Waals surface area contributed by atoms with Gasteiger partial charge in [0, 0.05) is 38.4 Å². The van der Waals surface area contributed by atoms with Gasteiger partial charge in [-0.05, 0) is 31.0 Å². The van der Waals surface area contributed by atoms with Crippen molar-refractivity contribution in [2.75, 3.05) is 20.1 Å². The maximum absolute atomic E-state index is 13.3. The van der Waals surface area contributed by atoms with Crippen molar-refractivity contribution in [1.82, 2.24) is 20.0 Å². The van der Waals surface area contributed by atoms with Crippen molar-refractivity contribution >= 4 is 5.91 Å². The number of halogens is 1. The average Bonchev–Trinajstić information content (AvgIpc) is 3.02. The molecular weight excluding hydrogens is 311 g/mol. The van der Waals surface area contributed by atoms with Gasteiger partial charge in [0.2, 0.25) is 0 Å². The van der Waals surface area contributed by atoms with Gasteiger partial charge in [-0.2, -0.15) is 5.10 Å². The highest BCUT2D eigenvalue weighted by molar-refractivity contribution is 5.85. The topological polar surface area (TPSA) is 70.4 Å². The lowest BCUT2D eigenvalue weighted by Crippen LogP contribution is -2.56. The number of carbonyl (C=O) groups excluding carboxylic acids is 1. The Kier molecular flexibility index (Phi) is 4.64. The van der Waals surface area contributed by atoms with Crippen molar-refractivity contribution in [2.24, 2.45) is 0 Å². The number of likely N-dealkylation sites (N-methyl/N-ethyl adjacent to an activating group) is 1. The van der Waals surface area contributed by atoms with Crippen LogP contribution in [0.3, 0.4) is 0 Å². The summed E-state index contributed by atoms with van der Waals surface area (Å²) in [6, 6.07) is 6.19. The quantitative estimate of drug-likeness (QED) is 0.860. The molecule has 1 unspecified atom stereocenters. The van der Waals surface area contributed by atoms with Crippen molar-refractivity contribution in [3.05, 3.63) is 48.0 Å². The van der Waals surface area contributed by atoms with Gasteiger partial charge >= 0.3 is 0 Å². The minimum atomic E-state index is -1.34. The zero-order chi connectivity index (χ0) is 17.2. The number of rotatable bonds is 5. The van der Waals surface area contributed by atoms with Gasteiger partial charge in [0.25, 0.3) is 5.91 Å². The van der Waals surface area contributed by atoms with E-state index < -0.39 is 5.60 Å². The Labute approximate surface area is 139 Å². The molecule has 1 atom stereocenters. The number of nitrogens with zero attached hydrogens (tertiary/aromatic N) is 3. The lowest BCUT2D eigenvalue weighted by Gasteiger charge is -2.36. The molecule has 7 heteroatoms. The Morgan fingerprint density at radius 3 is 3.08 bits per heavy atom. The standard InChI is InChI=1S/C17H21FN4O2/c1-21-7-3-6-17(24,16(21)23)12-19-9-13-10-20-22(11-13)15-5-2-4-14(18)8-15/h2,4-5,8,10-11,19,24H,3,6-7,9,12H2,1H3. The zero-order valence-electron chi connectivity index (χ0n) is 13.6. The summed E-state index contributed by atoms with van der Waals surface area (Å²) < 4.78 is 14.9. The van der Waals surface area contributed by atoms with E-state index in [0.717, 1.165) is 12.0 Å². The number of amides is 1. The third kappa shape index (κ3) is 3.47. The molecule has 0 spiro atoms. The van der Waals surface area contributed by atoms with Gasteiger partial charge < -0.3 is 15.3 Å². The molecule has 2 N–H and O–H groups in total. The summed E-state index contributed by atoms with van der Waals surface area (Å²) in [5, 5.41) is 17.8. The van der Waals surface area contributed by atoms with Crippen LogP contribution < -0.4 is 5.32 Å². The van der Waals surface area contributed by atoms with Crippen LogP contribution in [0.4, 0.5) is 4.39 Å². The summed E-state index contributed by atoms with van der Waals surface area (Å²) in [5.41, 5.74) is 0.189. The Morgan fingerprint density at radius 1 is 1.46 bits per heavy atom. The Bertz CT molecular complexity index is 733. The van der Waals surface area contributed by atoms with Crippen molar-refractivity contribution < 1.29 is 14.3 Å². The summed E-state index contributed by atoms with van der Waals surface area (Å²) in [6.45, 7) is 1.34. The highest BCUT2D eigenvalue weighted by atomic mass is 19.1. The third-order valence-electron chi connectivity index (χ3n) is 4.28. The third-order valence-corrected chi connectivity index (χ3v) is 4.28. The van der Waals surface area contributed by atoms with Crippen molar-refractivity contribution in [3.8, 4) is 5.69 Å². The molecule has 1 aliphatic rings. The lowest BCUT2D eigenvalue weighted by atomic mass is 9.92. The number of likely N-dealkylation sites (tertiary alicyclic amines) is 1. The first-order valence-electron chi connectivity index (χ1n) is 7.96. The molecule has 0 saturated carbocycles. The predicted molar refractivity (Wildman–Crippen MR) is 87.0 cm³/mol. The number of hydrogen-bond acceptors (Lipinski definition) is 4. The SMILES string of the molecule is CN1CCCC(O)(CNCc2cnn(-c3cccc(F)c3)c2)C1=O. The maximum Gasteiger partial charge on any atom is 0.255 e. The maximum atomic E-state index is 13.3. The molecule has 6 nitrogen and oxygen atoms in total. The first kappa shape index (κ1) is 16.6. The van der Waals surface area contributed by atoms with Crippen molar-refractivity contribution in [1.29, 1.82) is 0 Å². The summed E-state index contributed by atoms with van der Waals surface area (Å²) in [6.07, 6.45) is 4.72. The van der Waals surface area contributed by atoms with E-state index in [4.69, 9.17) is 0 Å². The molecule has 0 aliphatic carbocycles. The number of aromatic nitrogens is 2. The molecule has 1 amide bonds. The highest BCUT2D eigenvalue weighted by Gasteiger charge is 2.40. The van der Waals surface area contributed by atoms with Crippen molar-refractivity contribution in [2.45, 2.75) is 25.0 Å². The molecule has 1 saturated heterocycles. The number of carbonyl (C=O) groups is 1. The minimum absolute atomic E-state index is 0.196. The van der Waals surface area contributed by atoms with E-state index >= 15 is 0 Å². The van der Waals surface area contributed by atoms with E-state index in [9.17, 15) is 14.3 Å². The molecule has 1 aromatic heterocycles. The smallest absolute Gasteiger partial charge is 0.255 e. The number of benzene rings is 1. The molecule has 1 aromatic carbocycles. The van der Waals surface area contributed by atoms with E-state index in [1.165, 1.54) is 12.1 Å². The van der Waals surface area contributed by atoms with E-state index in [2.05, 4.69) is 10.4 Å². The Morgan fingerprint density at radius 2 is 2.29 bits per heavy atom. The van der Waals surface area contributed by atoms with Crippen LogP contribution in [-0.4, -0.2) is 51.4 Å². The van der Waals surface area contributed by atoms with Gasteiger partial charge in [0.05, 0.1) is 11.9 Å². The van der Waals surface area contributed by atoms with Gasteiger partial charge in [0.1, 0.15) is 5.82 Å². The Balaban J connectivity index is 1.59. The first-order valence-corrected chi connectivity index (χ1v) is 7.96. The summed E-state index contributed by atoms with van der Waals surface area (Å²) >= 11 is 0. The molecule has 3 rings (SSSR count). The molecular formula is C17H21FN4O2. The lowest BCUT2D eigenvalue weighted by molar-refractivity contribution is -0.154. The molecule has 128 valence electrons. The van der Waals surface area contributed by atoms with Crippen LogP contribution in [0.25, 0.3) is 5.69 Å². The van der Waals surface area contributed by atoms with Gasteiger partial charge in [-0.1, -0.05) is 6.07 Å². The number of aliphatic hydroxyl groups is 1. The largest absolute Gasteiger partial charge is 0.379 e. The molecule has 0 radical (unpaired) electrons. The summed E-state index contributed by atoms with van der Waals surface area (Å²) in [4.78, 5) is 13.7. The van der Waals surface area contributed by atoms with Crippen LogP contribution in [0, 0.1) is 5.82 Å². The molecule has 2 heterocycles. The summed E-state index contributed by atoms with van der Waals surface area (Å²) in [5.74, 6) is -0.554. The van der Waals surface area contributed by atoms with Crippen LogP contribution in [-0.2, 0) is 11.3 Å². The van der Waals surface area contributed by atoms with E-state index in [1.807, 2.05) is 0 Å². The minimum Gasteiger partial charge on any atom is -0.379 e. The number of hydrogen-bond donors (Lipinski definition) is 2. The van der Waals surface area contributed by atoms with Crippen LogP contribution in [0.15, 0.2) is 36.7 Å². The van der Waals surface area contributed by atoms with Gasteiger partial charge in [0.15, 0.2) is 5.60 Å². The zero-order valence-corrected chi connectivity index (χ0v) is 13.6. The van der Waals surface area contributed by atoms with Gasteiger partial charge in [-0.3, -0.25) is 4.79 Å². The first-order chi connectivity index (χ1) is 11.5. The molecule has 1 fully saturated rings. The fraction of sp³-hybridized carbons (Fsp3) is 0.412. The van der Waals surface area contributed by atoms with E-state index in [1.54, 1.807) is 41.2 Å². The van der Waals surface area contributed by atoms with Gasteiger partial charge in [-0.25, -0.2) is 9.07 Å². The fourth-order valence-electron chi connectivity index (χ4n) is 2.96. The monoisotopic (exact) mass is 332 g/mol. The molecule has 1 aliphatic heterocycles. The number of nitrogens with one attached hydrogen (secondary N) is 1. The molecule has 24 heavy (non-hydrogen) atoms. The highest BCUT2D eigenvalue weighted by Crippen LogP contribution is 2.21. The second kappa shape index (κ2) is 6.70. The Hall–Kier alpha value is -2.25. The van der Waals surface area contributed by atoms with Crippen LogP contribution >= 0.6 is 0 Å². The van der Waals surface area contributed by atoms with E-state index in [-0.39, 0.29) is 18.3 Å². The fourth-order valence-corrected chi connectivity index (χ4v) is 2.96. The van der Waals surface area contributed by atoms with Crippen LogP contribution in [0.5, 0.6) is 0 Å². The second-order valence-electron chi connectivity index (χ2n) is 6.24.